The number of carbonyl (C=O) groups is 1. The van der Waals surface area contributed by atoms with E-state index >= 15 is 0 Å². The van der Waals surface area contributed by atoms with Crippen molar-refractivity contribution >= 4 is 28.9 Å². The van der Waals surface area contributed by atoms with Crippen LogP contribution in [-0.2, 0) is 0 Å². The van der Waals surface area contributed by atoms with E-state index in [4.69, 9.17) is 11.6 Å². The third-order valence-corrected chi connectivity index (χ3v) is 4.36. The lowest BCUT2D eigenvalue weighted by atomic mass is 10.2. The summed E-state index contributed by atoms with van der Waals surface area (Å²) in [7, 11) is 1.79. The van der Waals surface area contributed by atoms with Crippen LogP contribution < -0.4 is 9.80 Å². The second-order valence-electron chi connectivity index (χ2n) is 5.58. The van der Waals surface area contributed by atoms with Crippen LogP contribution in [0.1, 0.15) is 23.2 Å². The molecule has 0 aliphatic carbocycles. The third-order valence-electron chi connectivity index (χ3n) is 4.10. The number of anilines is 2. The zero-order valence-electron chi connectivity index (χ0n) is 12.6. The molecule has 1 fully saturated rings. The maximum Gasteiger partial charge on any atom is 0.258 e. The Balaban J connectivity index is 1.75. The van der Waals surface area contributed by atoms with E-state index in [0.717, 1.165) is 18.8 Å². The Morgan fingerprint density at radius 2 is 1.59 bits per heavy atom. The number of benzene rings is 2. The number of hydrogen-bond donors (Lipinski definition) is 0. The summed E-state index contributed by atoms with van der Waals surface area (Å²) in [5, 5.41) is 0.633. The Kier molecular flexibility index (Phi) is 4.34. The van der Waals surface area contributed by atoms with E-state index in [1.54, 1.807) is 36.2 Å². The highest BCUT2D eigenvalue weighted by atomic mass is 35.5. The quantitative estimate of drug-likeness (QED) is 0.847. The average Bonchev–Trinajstić information content (AvgIpc) is 3.09. The fourth-order valence-corrected chi connectivity index (χ4v) is 2.89. The van der Waals surface area contributed by atoms with E-state index in [1.165, 1.54) is 18.5 Å². The van der Waals surface area contributed by atoms with Crippen LogP contribution in [-0.4, -0.2) is 26.0 Å². The number of rotatable bonds is 3. The molecule has 3 rings (SSSR count). The molecule has 0 saturated carbocycles. The van der Waals surface area contributed by atoms with Crippen LogP contribution in [0.5, 0.6) is 0 Å². The van der Waals surface area contributed by atoms with Gasteiger partial charge in [0, 0.05) is 42.1 Å². The molecular weight excluding hydrogens is 296 g/mol. The molecule has 1 saturated heterocycles. The van der Waals surface area contributed by atoms with Gasteiger partial charge in [-0.15, -0.1) is 0 Å². The summed E-state index contributed by atoms with van der Waals surface area (Å²) in [5.41, 5.74) is 2.76. The van der Waals surface area contributed by atoms with Gasteiger partial charge in [0.2, 0.25) is 0 Å². The Labute approximate surface area is 136 Å². The topological polar surface area (TPSA) is 23.6 Å². The molecule has 1 aliphatic rings. The van der Waals surface area contributed by atoms with Crippen LogP contribution in [0.3, 0.4) is 0 Å². The second kappa shape index (κ2) is 6.41. The van der Waals surface area contributed by atoms with Crippen LogP contribution in [0.2, 0.25) is 5.02 Å². The largest absolute Gasteiger partial charge is 0.372 e. The zero-order chi connectivity index (χ0) is 15.5. The van der Waals surface area contributed by atoms with E-state index in [0.29, 0.717) is 10.6 Å². The molecule has 0 aromatic heterocycles. The fraction of sp³-hybridized carbons (Fsp3) is 0.278. The molecular formula is C18H19ClN2O. The molecule has 4 heteroatoms. The monoisotopic (exact) mass is 314 g/mol. The number of halogens is 1. The Morgan fingerprint density at radius 3 is 2.18 bits per heavy atom. The van der Waals surface area contributed by atoms with Crippen molar-refractivity contribution in [1.29, 1.82) is 0 Å². The lowest BCUT2D eigenvalue weighted by Crippen LogP contribution is -2.26. The van der Waals surface area contributed by atoms with Crippen LogP contribution in [0.4, 0.5) is 11.4 Å². The maximum absolute atomic E-state index is 12.5. The number of carbonyl (C=O) groups excluding carboxylic acids is 1. The van der Waals surface area contributed by atoms with Gasteiger partial charge in [-0.1, -0.05) is 11.6 Å². The summed E-state index contributed by atoms with van der Waals surface area (Å²) < 4.78 is 0. The van der Waals surface area contributed by atoms with Crippen molar-refractivity contribution in [2.75, 3.05) is 29.9 Å². The van der Waals surface area contributed by atoms with E-state index in [1.807, 2.05) is 12.1 Å². The minimum absolute atomic E-state index is 0.0365. The maximum atomic E-state index is 12.5. The molecule has 0 atom stereocenters. The van der Waals surface area contributed by atoms with Gasteiger partial charge in [0.1, 0.15) is 0 Å². The van der Waals surface area contributed by atoms with Crippen molar-refractivity contribution in [2.24, 2.45) is 0 Å². The van der Waals surface area contributed by atoms with E-state index in [9.17, 15) is 4.79 Å². The molecule has 0 unspecified atom stereocenters. The highest BCUT2D eigenvalue weighted by Gasteiger charge is 2.15. The van der Waals surface area contributed by atoms with Crippen molar-refractivity contribution in [3.63, 3.8) is 0 Å². The summed E-state index contributed by atoms with van der Waals surface area (Å²) in [6, 6.07) is 15.2. The van der Waals surface area contributed by atoms with Crippen molar-refractivity contribution in [3.8, 4) is 0 Å². The van der Waals surface area contributed by atoms with E-state index in [2.05, 4.69) is 17.0 Å². The van der Waals surface area contributed by atoms with E-state index in [-0.39, 0.29) is 5.91 Å². The van der Waals surface area contributed by atoms with Crippen LogP contribution in [0.25, 0.3) is 0 Å². The summed E-state index contributed by atoms with van der Waals surface area (Å²) in [6.45, 7) is 2.25. The van der Waals surface area contributed by atoms with Crippen molar-refractivity contribution < 1.29 is 4.79 Å². The zero-order valence-corrected chi connectivity index (χ0v) is 13.4. The molecule has 0 bridgehead atoms. The lowest BCUT2D eigenvalue weighted by Gasteiger charge is -2.21. The lowest BCUT2D eigenvalue weighted by molar-refractivity contribution is 0.0993. The average molecular weight is 315 g/mol. The number of amides is 1. The van der Waals surface area contributed by atoms with Gasteiger partial charge < -0.3 is 9.80 Å². The minimum Gasteiger partial charge on any atom is -0.372 e. The van der Waals surface area contributed by atoms with Crippen molar-refractivity contribution in [2.45, 2.75) is 12.8 Å². The van der Waals surface area contributed by atoms with Gasteiger partial charge in [0.15, 0.2) is 0 Å². The second-order valence-corrected chi connectivity index (χ2v) is 6.02. The van der Waals surface area contributed by atoms with Crippen molar-refractivity contribution in [1.82, 2.24) is 0 Å². The number of hydrogen-bond acceptors (Lipinski definition) is 2. The normalized spacial score (nSPS) is 14.2. The minimum atomic E-state index is -0.0365. The van der Waals surface area contributed by atoms with Gasteiger partial charge in [0.25, 0.3) is 5.91 Å². The summed E-state index contributed by atoms with van der Waals surface area (Å²) in [6.07, 6.45) is 2.52. The summed E-state index contributed by atoms with van der Waals surface area (Å²) >= 11 is 5.86. The van der Waals surface area contributed by atoms with E-state index < -0.39 is 0 Å². The Morgan fingerprint density at radius 1 is 1.00 bits per heavy atom. The van der Waals surface area contributed by atoms with Gasteiger partial charge in [-0.05, 0) is 61.4 Å². The van der Waals surface area contributed by atoms with Gasteiger partial charge in [-0.3, -0.25) is 4.79 Å². The first-order chi connectivity index (χ1) is 10.6. The third kappa shape index (κ3) is 3.09. The molecule has 2 aromatic carbocycles. The molecule has 114 valence electrons. The molecule has 0 radical (unpaired) electrons. The highest BCUT2D eigenvalue weighted by molar-refractivity contribution is 6.30. The molecule has 1 amide bonds. The Hall–Kier alpha value is -2.00. The first-order valence-corrected chi connectivity index (χ1v) is 7.91. The molecule has 0 N–H and O–H groups in total. The highest BCUT2D eigenvalue weighted by Crippen LogP contribution is 2.24. The first kappa shape index (κ1) is 14.9. The van der Waals surface area contributed by atoms with Gasteiger partial charge in [-0.2, -0.15) is 0 Å². The van der Waals surface area contributed by atoms with Crippen LogP contribution >= 0.6 is 11.6 Å². The van der Waals surface area contributed by atoms with Crippen molar-refractivity contribution in [3.05, 3.63) is 59.1 Å². The first-order valence-electron chi connectivity index (χ1n) is 7.54. The van der Waals surface area contributed by atoms with Gasteiger partial charge >= 0.3 is 0 Å². The molecule has 22 heavy (non-hydrogen) atoms. The van der Waals surface area contributed by atoms with Crippen LogP contribution in [0.15, 0.2) is 48.5 Å². The fourth-order valence-electron chi connectivity index (χ4n) is 2.77. The summed E-state index contributed by atoms with van der Waals surface area (Å²) in [4.78, 5) is 16.5. The Bertz CT molecular complexity index is 646. The standard InChI is InChI=1S/C18H19ClN2O/c1-20(18(22)14-4-6-15(19)7-5-14)16-8-10-17(11-9-16)21-12-2-3-13-21/h4-11H,2-3,12-13H2,1H3. The molecule has 2 aromatic rings. The van der Waals surface area contributed by atoms with Crippen LogP contribution in [0, 0.1) is 0 Å². The van der Waals surface area contributed by atoms with Gasteiger partial charge in [0.05, 0.1) is 0 Å². The molecule has 3 nitrogen and oxygen atoms in total. The SMILES string of the molecule is CN(C(=O)c1ccc(Cl)cc1)c1ccc(N2CCCC2)cc1. The smallest absolute Gasteiger partial charge is 0.258 e. The predicted molar refractivity (Wildman–Crippen MR) is 92.1 cm³/mol. The predicted octanol–water partition coefficient (Wildman–Crippen LogP) is 4.22. The number of nitrogens with zero attached hydrogens (tertiary/aromatic N) is 2. The van der Waals surface area contributed by atoms with Gasteiger partial charge in [-0.25, -0.2) is 0 Å². The molecule has 1 aliphatic heterocycles. The molecule has 1 heterocycles. The molecule has 0 spiro atoms. The summed E-state index contributed by atoms with van der Waals surface area (Å²) in [5.74, 6) is -0.0365.